The van der Waals surface area contributed by atoms with Gasteiger partial charge in [-0.15, -0.1) is 0 Å². The zero-order valence-electron chi connectivity index (χ0n) is 24.3. The molecular formula is C33H36N2O7S. The number of benzene rings is 4. The first-order chi connectivity index (χ1) is 20.6. The van der Waals surface area contributed by atoms with Crippen LogP contribution in [0.3, 0.4) is 0 Å². The molecule has 226 valence electrons. The van der Waals surface area contributed by atoms with Crippen LogP contribution in [0.1, 0.15) is 34.5 Å². The summed E-state index contributed by atoms with van der Waals surface area (Å²) in [4.78, 5) is 11.6. The van der Waals surface area contributed by atoms with Crippen molar-refractivity contribution in [2.24, 2.45) is 0 Å². The number of hydrogen-bond donors (Lipinski definition) is 3. The molecule has 0 bridgehead atoms. The van der Waals surface area contributed by atoms with Crippen molar-refractivity contribution in [3.8, 4) is 22.6 Å². The third kappa shape index (κ3) is 9.31. The Morgan fingerprint density at radius 1 is 0.884 bits per heavy atom. The molecule has 9 nitrogen and oxygen atoms in total. The predicted molar refractivity (Wildman–Crippen MR) is 167 cm³/mol. The topological polar surface area (TPSA) is 123 Å². The van der Waals surface area contributed by atoms with Gasteiger partial charge in [-0.05, 0) is 65.6 Å². The van der Waals surface area contributed by atoms with Crippen molar-refractivity contribution in [3.63, 3.8) is 0 Å². The summed E-state index contributed by atoms with van der Waals surface area (Å²) in [7, 11) is -2.22. The summed E-state index contributed by atoms with van der Waals surface area (Å²) in [6.45, 7) is 2.96. The van der Waals surface area contributed by atoms with Crippen LogP contribution >= 0.6 is 0 Å². The molecule has 0 unspecified atom stereocenters. The highest BCUT2D eigenvalue weighted by Gasteiger charge is 2.19. The molecule has 0 fully saturated rings. The van der Waals surface area contributed by atoms with E-state index in [0.717, 1.165) is 22.9 Å². The first kappa shape index (κ1) is 31.6. The number of nitrogens with one attached hydrogen (secondary N) is 2. The maximum Gasteiger partial charge on any atom is 0.337 e. The van der Waals surface area contributed by atoms with Crippen LogP contribution in [0.2, 0.25) is 0 Å². The average molecular weight is 605 g/mol. The molecule has 0 aromatic heterocycles. The van der Waals surface area contributed by atoms with Gasteiger partial charge >= 0.3 is 5.97 Å². The van der Waals surface area contributed by atoms with Crippen LogP contribution < -0.4 is 19.5 Å². The molecule has 2 atom stereocenters. The van der Waals surface area contributed by atoms with Gasteiger partial charge in [0.1, 0.15) is 24.7 Å². The number of aliphatic hydroxyl groups excluding tert-OH is 1. The minimum Gasteiger partial charge on any atom is -0.492 e. The molecule has 0 heterocycles. The van der Waals surface area contributed by atoms with Crippen molar-refractivity contribution in [2.45, 2.75) is 25.7 Å². The molecular weight excluding hydrogens is 568 g/mol. The van der Waals surface area contributed by atoms with Gasteiger partial charge in [0.2, 0.25) is 10.0 Å². The average Bonchev–Trinajstić information content (AvgIpc) is 3.01. The summed E-state index contributed by atoms with van der Waals surface area (Å²) >= 11 is 0. The highest BCUT2D eigenvalue weighted by molar-refractivity contribution is 7.92. The second-order valence-corrected chi connectivity index (χ2v) is 11.8. The zero-order valence-corrected chi connectivity index (χ0v) is 25.1. The van der Waals surface area contributed by atoms with E-state index in [1.807, 2.05) is 73.7 Å². The Labute approximate surface area is 252 Å². The van der Waals surface area contributed by atoms with Crippen LogP contribution in [-0.4, -0.2) is 52.1 Å². The lowest BCUT2D eigenvalue weighted by molar-refractivity contribution is 0.0600. The Morgan fingerprint density at radius 3 is 2.16 bits per heavy atom. The monoisotopic (exact) mass is 604 g/mol. The second kappa shape index (κ2) is 14.7. The number of sulfonamides is 1. The summed E-state index contributed by atoms with van der Waals surface area (Å²) in [5.41, 5.74) is 4.19. The van der Waals surface area contributed by atoms with E-state index in [1.165, 1.54) is 7.11 Å². The van der Waals surface area contributed by atoms with E-state index in [9.17, 15) is 18.3 Å². The third-order valence-electron chi connectivity index (χ3n) is 6.68. The van der Waals surface area contributed by atoms with Crippen molar-refractivity contribution in [1.29, 1.82) is 0 Å². The third-order valence-corrected chi connectivity index (χ3v) is 7.27. The molecule has 0 aliphatic carbocycles. The largest absolute Gasteiger partial charge is 0.492 e. The summed E-state index contributed by atoms with van der Waals surface area (Å²) in [6, 6.07) is 29.0. The van der Waals surface area contributed by atoms with Crippen molar-refractivity contribution in [1.82, 2.24) is 5.32 Å². The fourth-order valence-electron chi connectivity index (χ4n) is 4.39. The maximum absolute atomic E-state index is 12.0. The van der Waals surface area contributed by atoms with E-state index >= 15 is 0 Å². The van der Waals surface area contributed by atoms with E-state index < -0.39 is 16.1 Å². The first-order valence-electron chi connectivity index (χ1n) is 13.7. The maximum atomic E-state index is 12.0. The second-order valence-electron chi connectivity index (χ2n) is 10.0. The van der Waals surface area contributed by atoms with Gasteiger partial charge in [-0.2, -0.15) is 0 Å². The number of hydrogen-bond acceptors (Lipinski definition) is 8. The Hall–Kier alpha value is -4.38. The quantitative estimate of drug-likeness (QED) is 0.133. The fourth-order valence-corrected chi connectivity index (χ4v) is 4.95. The lowest BCUT2D eigenvalue weighted by Crippen LogP contribution is -2.35. The highest BCUT2D eigenvalue weighted by atomic mass is 32.2. The zero-order chi connectivity index (χ0) is 30.8. The number of carbonyl (C=O) groups is 1. The van der Waals surface area contributed by atoms with Crippen LogP contribution in [-0.2, 0) is 21.4 Å². The number of anilines is 1. The lowest BCUT2D eigenvalue weighted by Gasteiger charge is -2.22. The molecule has 4 aromatic carbocycles. The van der Waals surface area contributed by atoms with Crippen LogP contribution in [0.25, 0.3) is 11.1 Å². The van der Waals surface area contributed by atoms with Crippen LogP contribution in [0, 0.1) is 0 Å². The summed E-state index contributed by atoms with van der Waals surface area (Å²) in [6.07, 6.45) is 0.159. The van der Waals surface area contributed by atoms with E-state index in [1.54, 1.807) is 30.3 Å². The Balaban J connectivity index is 1.30. The number of methoxy groups -OCH3 is 1. The van der Waals surface area contributed by atoms with Crippen LogP contribution in [0.15, 0.2) is 97.1 Å². The Morgan fingerprint density at radius 2 is 1.53 bits per heavy atom. The SMILES string of the molecule is COC(=O)c1ccc(-c2ccc(OCCN[C@@H](C)[C@@H](O)c3ccc(OCc4ccccc4)c(NS(C)(=O)=O)c3)cc2)cc1. The smallest absolute Gasteiger partial charge is 0.337 e. The van der Waals surface area contributed by atoms with Crippen LogP contribution in [0.5, 0.6) is 11.5 Å². The molecule has 43 heavy (non-hydrogen) atoms. The number of esters is 1. The molecule has 0 saturated heterocycles. The molecule has 0 aliphatic heterocycles. The van der Waals surface area contributed by atoms with Crippen molar-refractivity contribution in [2.75, 3.05) is 31.2 Å². The minimum absolute atomic E-state index is 0.258. The van der Waals surface area contributed by atoms with Gasteiger partial charge in [0.25, 0.3) is 0 Å². The lowest BCUT2D eigenvalue weighted by atomic mass is 10.0. The number of carbonyl (C=O) groups excluding carboxylic acids is 1. The van der Waals surface area contributed by atoms with E-state index in [2.05, 4.69) is 10.0 Å². The standard InChI is InChI=1S/C33H36N2O7S/c1-23(34-19-20-41-29-16-13-26(14-17-29)25-9-11-27(12-10-25)33(37)40-2)32(36)28-15-18-31(30(21-28)35-43(3,38)39)42-22-24-7-5-4-6-8-24/h4-18,21,23,32,34-36H,19-20,22H2,1-3H3/t23-,32+/m0/s1. The van der Waals surface area contributed by atoms with Gasteiger partial charge in [-0.3, -0.25) is 4.72 Å². The molecule has 0 radical (unpaired) electrons. The van der Waals surface area contributed by atoms with Crippen molar-refractivity contribution in [3.05, 3.63) is 114 Å². The van der Waals surface area contributed by atoms with Gasteiger partial charge in [-0.1, -0.05) is 60.7 Å². The Kier molecular flexibility index (Phi) is 10.8. The van der Waals surface area contributed by atoms with Crippen molar-refractivity contribution >= 4 is 21.7 Å². The molecule has 0 spiro atoms. The molecule has 0 saturated carbocycles. The molecule has 4 rings (SSSR count). The van der Waals surface area contributed by atoms with Gasteiger partial charge in [0.15, 0.2) is 0 Å². The first-order valence-corrected chi connectivity index (χ1v) is 15.6. The van der Waals surface area contributed by atoms with Gasteiger partial charge in [0, 0.05) is 12.6 Å². The molecule has 0 aliphatic rings. The number of ether oxygens (including phenoxy) is 3. The van der Waals surface area contributed by atoms with Crippen molar-refractivity contribution < 1.29 is 32.5 Å². The van der Waals surface area contributed by atoms with E-state index in [-0.39, 0.29) is 24.3 Å². The summed E-state index contributed by atoms with van der Waals surface area (Å²) < 4.78 is 43.0. The minimum atomic E-state index is -3.57. The highest BCUT2D eigenvalue weighted by Crippen LogP contribution is 2.31. The number of aliphatic hydroxyl groups is 1. The number of rotatable bonds is 14. The predicted octanol–water partition coefficient (Wildman–Crippen LogP) is 5.18. The fraction of sp³-hybridized carbons (Fsp3) is 0.242. The van der Waals surface area contributed by atoms with Crippen LogP contribution in [0.4, 0.5) is 5.69 Å². The van der Waals surface area contributed by atoms with Gasteiger partial charge < -0.3 is 24.6 Å². The molecule has 4 aromatic rings. The molecule has 0 amide bonds. The normalized spacial score (nSPS) is 12.7. The van der Waals surface area contributed by atoms with Gasteiger partial charge in [-0.25, -0.2) is 13.2 Å². The molecule has 10 heteroatoms. The van der Waals surface area contributed by atoms with E-state index in [0.29, 0.717) is 35.8 Å². The summed E-state index contributed by atoms with van der Waals surface area (Å²) in [5.74, 6) is 0.692. The van der Waals surface area contributed by atoms with E-state index in [4.69, 9.17) is 14.2 Å². The Bertz CT molecular complexity index is 1590. The summed E-state index contributed by atoms with van der Waals surface area (Å²) in [5, 5.41) is 14.2. The van der Waals surface area contributed by atoms with Gasteiger partial charge in [0.05, 0.1) is 30.7 Å². The molecule has 3 N–H and O–H groups in total.